The second kappa shape index (κ2) is 7.32. The number of rotatable bonds is 5. The van der Waals surface area contributed by atoms with E-state index in [9.17, 15) is 13.6 Å². The first-order valence-electron chi connectivity index (χ1n) is 6.97. The SMILES string of the molecule is O=C(O)CSc1nn(-c2ccccc2F)c(-c2ccc(F)nc2)c1Br. The van der Waals surface area contributed by atoms with Crippen LogP contribution in [0.2, 0.25) is 0 Å². The van der Waals surface area contributed by atoms with Gasteiger partial charge in [-0.1, -0.05) is 23.9 Å². The van der Waals surface area contributed by atoms with Crippen LogP contribution in [0.5, 0.6) is 0 Å². The molecule has 0 unspecified atom stereocenters. The quantitative estimate of drug-likeness (QED) is 0.491. The number of nitrogens with zero attached hydrogens (tertiary/aromatic N) is 3. The van der Waals surface area contributed by atoms with Crippen LogP contribution >= 0.6 is 27.7 Å². The molecule has 128 valence electrons. The highest BCUT2D eigenvalue weighted by molar-refractivity contribution is 9.10. The number of hydrogen-bond acceptors (Lipinski definition) is 4. The molecule has 0 saturated carbocycles. The van der Waals surface area contributed by atoms with Crippen molar-refractivity contribution in [1.29, 1.82) is 0 Å². The highest BCUT2D eigenvalue weighted by atomic mass is 79.9. The number of aliphatic carboxylic acids is 1. The van der Waals surface area contributed by atoms with Crippen molar-refractivity contribution < 1.29 is 18.7 Å². The van der Waals surface area contributed by atoms with E-state index in [2.05, 4.69) is 26.0 Å². The zero-order chi connectivity index (χ0) is 18.0. The van der Waals surface area contributed by atoms with Gasteiger partial charge in [-0.05, 0) is 40.2 Å². The summed E-state index contributed by atoms with van der Waals surface area (Å²) in [6.07, 6.45) is 1.31. The first-order chi connectivity index (χ1) is 12.0. The van der Waals surface area contributed by atoms with E-state index in [4.69, 9.17) is 5.11 Å². The number of carbonyl (C=O) groups is 1. The second-order valence-electron chi connectivity index (χ2n) is 4.88. The van der Waals surface area contributed by atoms with E-state index in [0.29, 0.717) is 20.8 Å². The summed E-state index contributed by atoms with van der Waals surface area (Å²) >= 11 is 4.38. The van der Waals surface area contributed by atoms with Gasteiger partial charge >= 0.3 is 5.97 Å². The van der Waals surface area contributed by atoms with Crippen molar-refractivity contribution in [3.63, 3.8) is 0 Å². The average molecular weight is 426 g/mol. The third-order valence-electron chi connectivity index (χ3n) is 3.21. The Morgan fingerprint density at radius 1 is 1.24 bits per heavy atom. The normalized spacial score (nSPS) is 10.8. The van der Waals surface area contributed by atoms with Crippen LogP contribution in [0.1, 0.15) is 0 Å². The first kappa shape index (κ1) is 17.6. The first-order valence-corrected chi connectivity index (χ1v) is 8.75. The molecule has 2 heterocycles. The van der Waals surface area contributed by atoms with Crippen LogP contribution in [0.25, 0.3) is 16.9 Å². The Morgan fingerprint density at radius 2 is 2.00 bits per heavy atom. The Labute approximate surface area is 153 Å². The van der Waals surface area contributed by atoms with Crippen molar-refractivity contribution in [3.05, 3.63) is 58.8 Å². The van der Waals surface area contributed by atoms with Crippen LogP contribution in [0, 0.1) is 11.8 Å². The van der Waals surface area contributed by atoms with E-state index in [1.165, 1.54) is 29.1 Å². The molecule has 25 heavy (non-hydrogen) atoms. The molecule has 0 aliphatic carbocycles. The molecular weight excluding hydrogens is 416 g/mol. The Bertz CT molecular complexity index is 932. The van der Waals surface area contributed by atoms with Crippen molar-refractivity contribution in [1.82, 2.24) is 14.8 Å². The lowest BCUT2D eigenvalue weighted by molar-refractivity contribution is -0.133. The van der Waals surface area contributed by atoms with Gasteiger partial charge in [0.05, 0.1) is 15.9 Å². The van der Waals surface area contributed by atoms with Crippen molar-refractivity contribution in [2.75, 3.05) is 5.75 Å². The Balaban J connectivity index is 2.18. The van der Waals surface area contributed by atoms with Gasteiger partial charge in [-0.15, -0.1) is 0 Å². The molecule has 0 spiro atoms. The van der Waals surface area contributed by atoms with Gasteiger partial charge in [0.15, 0.2) is 0 Å². The summed E-state index contributed by atoms with van der Waals surface area (Å²) in [5.41, 5.74) is 1.14. The molecule has 0 bridgehead atoms. The Kier molecular flexibility index (Phi) is 5.14. The van der Waals surface area contributed by atoms with E-state index in [-0.39, 0.29) is 11.4 Å². The van der Waals surface area contributed by atoms with Crippen molar-refractivity contribution in [3.8, 4) is 16.9 Å². The smallest absolute Gasteiger partial charge is 0.313 e. The Hall–Kier alpha value is -2.26. The predicted molar refractivity (Wildman–Crippen MR) is 92.8 cm³/mol. The highest BCUT2D eigenvalue weighted by Gasteiger charge is 2.21. The maximum Gasteiger partial charge on any atom is 0.313 e. The highest BCUT2D eigenvalue weighted by Crippen LogP contribution is 2.37. The summed E-state index contributed by atoms with van der Waals surface area (Å²) in [5, 5.41) is 13.6. The van der Waals surface area contributed by atoms with Crippen molar-refractivity contribution in [2.24, 2.45) is 0 Å². The van der Waals surface area contributed by atoms with E-state index in [0.717, 1.165) is 11.8 Å². The zero-order valence-corrected chi connectivity index (χ0v) is 14.9. The molecule has 1 aromatic carbocycles. The lowest BCUT2D eigenvalue weighted by atomic mass is 10.2. The van der Waals surface area contributed by atoms with Crippen molar-refractivity contribution >= 4 is 33.7 Å². The number of para-hydroxylation sites is 1. The molecule has 0 amide bonds. The van der Waals surface area contributed by atoms with Gasteiger partial charge in [0.2, 0.25) is 5.95 Å². The molecule has 5 nitrogen and oxygen atoms in total. The second-order valence-corrected chi connectivity index (χ2v) is 6.64. The minimum Gasteiger partial charge on any atom is -0.481 e. The molecule has 0 saturated heterocycles. The number of thioether (sulfide) groups is 1. The van der Waals surface area contributed by atoms with Crippen LogP contribution in [0.15, 0.2) is 52.1 Å². The van der Waals surface area contributed by atoms with Crippen molar-refractivity contribution in [2.45, 2.75) is 5.03 Å². The van der Waals surface area contributed by atoms with Gasteiger partial charge in [-0.25, -0.2) is 14.1 Å². The third kappa shape index (κ3) is 3.72. The number of benzene rings is 1. The average Bonchev–Trinajstić information content (AvgIpc) is 2.91. The lowest BCUT2D eigenvalue weighted by Gasteiger charge is -2.08. The molecule has 9 heteroatoms. The van der Waals surface area contributed by atoms with E-state index >= 15 is 0 Å². The number of carboxylic acids is 1. The largest absolute Gasteiger partial charge is 0.481 e. The molecule has 0 fully saturated rings. The summed E-state index contributed by atoms with van der Waals surface area (Å²) in [7, 11) is 0. The van der Waals surface area contributed by atoms with Gasteiger partial charge in [-0.2, -0.15) is 9.49 Å². The van der Waals surface area contributed by atoms with Gasteiger partial charge in [0.1, 0.15) is 16.5 Å². The van der Waals surface area contributed by atoms with Crippen LogP contribution in [-0.4, -0.2) is 31.6 Å². The number of aromatic nitrogens is 3. The van der Waals surface area contributed by atoms with Crippen LogP contribution < -0.4 is 0 Å². The van der Waals surface area contributed by atoms with E-state index in [1.807, 2.05) is 0 Å². The van der Waals surface area contributed by atoms with Gasteiger partial charge < -0.3 is 5.11 Å². The summed E-state index contributed by atoms with van der Waals surface area (Å²) < 4.78 is 29.2. The van der Waals surface area contributed by atoms with Gasteiger partial charge in [0, 0.05) is 11.8 Å². The summed E-state index contributed by atoms with van der Waals surface area (Å²) in [4.78, 5) is 14.4. The molecular formula is C16H10BrF2N3O2S. The third-order valence-corrected chi connectivity index (χ3v) is 5.18. The van der Waals surface area contributed by atoms with Gasteiger partial charge in [-0.3, -0.25) is 4.79 Å². The maximum atomic E-state index is 14.2. The summed E-state index contributed by atoms with van der Waals surface area (Å²) in [6, 6.07) is 8.72. The summed E-state index contributed by atoms with van der Waals surface area (Å²) in [6.45, 7) is 0. The lowest BCUT2D eigenvalue weighted by Crippen LogP contribution is -2.02. The number of hydrogen-bond donors (Lipinski definition) is 1. The Morgan fingerprint density at radius 3 is 2.64 bits per heavy atom. The molecule has 2 aromatic heterocycles. The molecule has 0 aliphatic heterocycles. The number of pyridine rings is 1. The zero-order valence-electron chi connectivity index (χ0n) is 12.5. The fourth-order valence-corrected chi connectivity index (χ4v) is 3.61. The van der Waals surface area contributed by atoms with Gasteiger partial charge in [0.25, 0.3) is 0 Å². The minimum absolute atomic E-state index is 0.185. The van der Waals surface area contributed by atoms with E-state index < -0.39 is 17.7 Å². The molecule has 3 aromatic rings. The van der Waals surface area contributed by atoms with E-state index in [1.54, 1.807) is 18.2 Å². The predicted octanol–water partition coefficient (Wildman–Crippen LogP) is 4.15. The standard InChI is InChI=1S/C16H10BrF2N3O2S/c17-14-15(9-5-6-12(19)20-7-9)22(11-4-2-1-3-10(11)18)21-16(14)25-8-13(23)24/h1-7H,8H2,(H,23,24). The monoisotopic (exact) mass is 425 g/mol. The minimum atomic E-state index is -0.998. The molecule has 0 atom stereocenters. The summed E-state index contributed by atoms with van der Waals surface area (Å²) in [5.74, 6) is -2.34. The fourth-order valence-electron chi connectivity index (χ4n) is 2.16. The fraction of sp³-hybridized carbons (Fsp3) is 0.0625. The maximum absolute atomic E-state index is 14.2. The molecule has 0 radical (unpaired) electrons. The molecule has 1 N–H and O–H groups in total. The molecule has 3 rings (SSSR count). The van der Waals surface area contributed by atoms with Crippen LogP contribution in [0.3, 0.4) is 0 Å². The number of halogens is 3. The number of carboxylic acid groups (broad SMARTS) is 1. The topological polar surface area (TPSA) is 68.0 Å². The molecule has 0 aliphatic rings. The van der Waals surface area contributed by atoms with Crippen LogP contribution in [0.4, 0.5) is 8.78 Å². The van der Waals surface area contributed by atoms with Crippen LogP contribution in [-0.2, 0) is 4.79 Å².